The summed E-state index contributed by atoms with van der Waals surface area (Å²) < 4.78 is 36.6. The quantitative estimate of drug-likeness (QED) is 0.811. The van der Waals surface area contributed by atoms with Crippen molar-refractivity contribution in [2.75, 3.05) is 26.2 Å². The topological polar surface area (TPSA) is 52.7 Å². The number of amides is 2. The minimum Gasteiger partial charge on any atom is -0.344 e. The van der Waals surface area contributed by atoms with E-state index in [0.29, 0.717) is 32.6 Å². The Morgan fingerprint density at radius 2 is 1.68 bits per heavy atom. The lowest BCUT2D eigenvalue weighted by molar-refractivity contribution is -0.174. The van der Waals surface area contributed by atoms with Crippen molar-refractivity contribution in [3.05, 3.63) is 0 Å². The minimum atomic E-state index is -4.82. The zero-order chi connectivity index (χ0) is 15.6. The van der Waals surface area contributed by atoms with Crippen LogP contribution in [0, 0.1) is 0 Å². The Balaban J connectivity index is 0.00000242. The number of likely N-dealkylation sites (tertiary alicyclic amines) is 2. The molecule has 0 spiro atoms. The number of hydrogen-bond donors (Lipinski definition) is 1. The number of carbonyl (C=O) groups is 2. The van der Waals surface area contributed by atoms with Gasteiger partial charge in [0, 0.05) is 45.2 Å². The fourth-order valence-corrected chi connectivity index (χ4v) is 3.05. The van der Waals surface area contributed by atoms with Crippen LogP contribution in [0.15, 0.2) is 0 Å². The van der Waals surface area contributed by atoms with E-state index in [4.69, 9.17) is 0 Å². The molecule has 1 N–H and O–H groups in total. The molecule has 2 rings (SSSR count). The van der Waals surface area contributed by atoms with Gasteiger partial charge >= 0.3 is 12.1 Å². The molecule has 0 bridgehead atoms. The van der Waals surface area contributed by atoms with Gasteiger partial charge in [0.1, 0.15) is 0 Å². The zero-order valence-corrected chi connectivity index (χ0v) is 13.4. The lowest BCUT2D eigenvalue weighted by Gasteiger charge is -2.36. The Morgan fingerprint density at radius 1 is 1.09 bits per heavy atom. The van der Waals surface area contributed by atoms with Crippen molar-refractivity contribution in [3.63, 3.8) is 0 Å². The van der Waals surface area contributed by atoms with Crippen LogP contribution >= 0.6 is 13.5 Å². The molecule has 1 unspecified atom stereocenters. The molecule has 0 saturated carbocycles. The summed E-state index contributed by atoms with van der Waals surface area (Å²) >= 11 is 0. The Kier molecular flexibility index (Phi) is 6.54. The molecular formula is C13H22F3N3O2S. The molecule has 2 aliphatic heterocycles. The van der Waals surface area contributed by atoms with Crippen molar-refractivity contribution in [2.45, 2.75) is 44.4 Å². The van der Waals surface area contributed by atoms with Crippen molar-refractivity contribution >= 4 is 25.3 Å². The summed E-state index contributed by atoms with van der Waals surface area (Å²) in [6.07, 6.45) is -2.62. The average molecular weight is 341 g/mol. The zero-order valence-electron chi connectivity index (χ0n) is 12.4. The molecule has 9 heteroatoms. The van der Waals surface area contributed by atoms with Gasteiger partial charge in [-0.1, -0.05) is 0 Å². The average Bonchev–Trinajstić information content (AvgIpc) is 2.86. The van der Waals surface area contributed by atoms with Crippen LogP contribution in [0.4, 0.5) is 13.2 Å². The van der Waals surface area contributed by atoms with Gasteiger partial charge in [-0.15, -0.1) is 0 Å². The Hall–Kier alpha value is -0.960. The molecule has 1 atom stereocenters. The smallest absolute Gasteiger partial charge is 0.344 e. The van der Waals surface area contributed by atoms with Crippen molar-refractivity contribution < 1.29 is 22.8 Å². The first-order chi connectivity index (χ1) is 9.77. The van der Waals surface area contributed by atoms with E-state index in [1.807, 2.05) is 5.32 Å². The summed E-state index contributed by atoms with van der Waals surface area (Å²) in [7, 11) is 0. The van der Waals surface area contributed by atoms with Gasteiger partial charge in [0.15, 0.2) is 0 Å². The number of halogens is 3. The summed E-state index contributed by atoms with van der Waals surface area (Å²) in [5.41, 5.74) is 0. The molecule has 128 valence electrons. The van der Waals surface area contributed by atoms with E-state index in [-0.39, 0.29) is 25.4 Å². The van der Waals surface area contributed by atoms with E-state index in [9.17, 15) is 22.8 Å². The molecule has 2 amide bonds. The molecule has 2 fully saturated rings. The lowest BCUT2D eigenvalue weighted by Crippen LogP contribution is -2.48. The van der Waals surface area contributed by atoms with E-state index in [0.717, 1.165) is 12.8 Å². The summed E-state index contributed by atoms with van der Waals surface area (Å²) in [5.74, 6) is -1.80. The molecule has 0 aromatic heterocycles. The number of alkyl halides is 3. The van der Waals surface area contributed by atoms with Gasteiger partial charge in [0.25, 0.3) is 0 Å². The summed E-state index contributed by atoms with van der Waals surface area (Å²) in [6.45, 7) is 4.06. The van der Waals surface area contributed by atoms with Crippen molar-refractivity contribution in [3.8, 4) is 0 Å². The number of carbonyl (C=O) groups excluding carboxylic acids is 2. The van der Waals surface area contributed by atoms with Crippen LogP contribution in [0.1, 0.15) is 26.2 Å². The van der Waals surface area contributed by atoms with Crippen LogP contribution in [0.5, 0.6) is 0 Å². The third-order valence-electron chi connectivity index (χ3n) is 4.24. The first kappa shape index (κ1) is 19.1. The lowest BCUT2D eigenvalue weighted by atomic mass is 10.0. The highest BCUT2D eigenvalue weighted by atomic mass is 32.1. The third-order valence-corrected chi connectivity index (χ3v) is 4.24. The molecule has 5 nitrogen and oxygen atoms in total. The predicted octanol–water partition coefficient (Wildman–Crippen LogP) is 0.863. The second-order valence-electron chi connectivity index (χ2n) is 5.69. The summed E-state index contributed by atoms with van der Waals surface area (Å²) in [6, 6.07) is -0.154. The van der Waals surface area contributed by atoms with E-state index in [2.05, 4.69) is 4.90 Å². The molecular weight excluding hydrogens is 319 g/mol. The first-order valence-electron chi connectivity index (χ1n) is 7.14. The third kappa shape index (κ3) is 4.77. The van der Waals surface area contributed by atoms with Crippen LogP contribution < -0.4 is 5.32 Å². The molecule has 2 heterocycles. The van der Waals surface area contributed by atoms with Crippen LogP contribution in [0.2, 0.25) is 0 Å². The number of rotatable bonds is 2. The highest BCUT2D eigenvalue weighted by Crippen LogP contribution is 2.22. The number of nitrogens with one attached hydrogen (secondary N) is 1. The number of piperidine rings is 1. The number of nitrogens with zero attached hydrogens (tertiary/aromatic N) is 2. The monoisotopic (exact) mass is 341 g/mol. The predicted molar refractivity (Wildman–Crippen MR) is 79.8 cm³/mol. The van der Waals surface area contributed by atoms with Gasteiger partial charge in [0.05, 0.1) is 0 Å². The van der Waals surface area contributed by atoms with E-state index < -0.39 is 18.1 Å². The Labute approximate surface area is 134 Å². The Morgan fingerprint density at radius 3 is 2.18 bits per heavy atom. The standard InChI is InChI=1S/C13H20F3N3O2.H2S/c1-9(20)18-6-3-11(4-7-18)19-5-2-10(8-19)17-12(21)13(14,15)16;/h10-11H,2-8H2,1H3,(H,17,21);1H2. The first-order valence-corrected chi connectivity index (χ1v) is 7.14. The van der Waals surface area contributed by atoms with Crippen LogP contribution in [0.25, 0.3) is 0 Å². The molecule has 0 aromatic rings. The maximum atomic E-state index is 12.2. The van der Waals surface area contributed by atoms with Crippen molar-refractivity contribution in [1.82, 2.24) is 15.1 Å². The molecule has 2 aliphatic rings. The maximum Gasteiger partial charge on any atom is 0.471 e. The van der Waals surface area contributed by atoms with Crippen molar-refractivity contribution in [1.29, 1.82) is 0 Å². The minimum absolute atomic E-state index is 0. The van der Waals surface area contributed by atoms with Gasteiger partial charge in [-0.3, -0.25) is 14.5 Å². The van der Waals surface area contributed by atoms with Crippen LogP contribution in [-0.2, 0) is 9.59 Å². The number of hydrogen-bond acceptors (Lipinski definition) is 3. The van der Waals surface area contributed by atoms with Gasteiger partial charge in [-0.25, -0.2) is 0 Å². The van der Waals surface area contributed by atoms with Gasteiger partial charge in [-0.05, 0) is 19.3 Å². The van der Waals surface area contributed by atoms with E-state index in [1.54, 1.807) is 11.8 Å². The Bertz CT molecular complexity index is 412. The fraction of sp³-hybridized carbons (Fsp3) is 0.846. The van der Waals surface area contributed by atoms with Crippen LogP contribution in [0.3, 0.4) is 0 Å². The molecule has 0 aliphatic carbocycles. The SMILES string of the molecule is CC(=O)N1CCC(N2CCC(NC(=O)C(F)(F)F)C2)CC1.S. The highest BCUT2D eigenvalue weighted by molar-refractivity contribution is 7.59. The van der Waals surface area contributed by atoms with Crippen molar-refractivity contribution in [2.24, 2.45) is 0 Å². The maximum absolute atomic E-state index is 12.2. The summed E-state index contributed by atoms with van der Waals surface area (Å²) in [5, 5.41) is 2.04. The van der Waals surface area contributed by atoms with E-state index >= 15 is 0 Å². The largest absolute Gasteiger partial charge is 0.471 e. The molecule has 0 aromatic carbocycles. The fourth-order valence-electron chi connectivity index (χ4n) is 3.05. The van der Waals surface area contributed by atoms with Gasteiger partial charge in [0.2, 0.25) is 5.91 Å². The van der Waals surface area contributed by atoms with Gasteiger partial charge in [-0.2, -0.15) is 26.7 Å². The van der Waals surface area contributed by atoms with Crippen LogP contribution in [-0.4, -0.2) is 66.1 Å². The van der Waals surface area contributed by atoms with E-state index in [1.165, 1.54) is 0 Å². The molecule has 22 heavy (non-hydrogen) atoms. The molecule has 0 radical (unpaired) electrons. The van der Waals surface area contributed by atoms with Gasteiger partial charge < -0.3 is 10.2 Å². The highest BCUT2D eigenvalue weighted by Gasteiger charge is 2.41. The normalized spacial score (nSPS) is 24.0. The second-order valence-corrected chi connectivity index (χ2v) is 5.69. The second kappa shape index (κ2) is 7.54. The summed E-state index contributed by atoms with van der Waals surface area (Å²) in [4.78, 5) is 26.1. The molecule has 2 saturated heterocycles.